The highest BCUT2D eigenvalue weighted by atomic mass is 79.9. The van der Waals surface area contributed by atoms with Crippen LogP contribution >= 0.6 is 15.9 Å². The molecule has 2 rings (SSSR count). The lowest BCUT2D eigenvalue weighted by Crippen LogP contribution is -2.04. The highest BCUT2D eigenvalue weighted by molar-refractivity contribution is 9.10. The molecule has 0 aromatic heterocycles. The molecule has 0 atom stereocenters. The zero-order valence-corrected chi connectivity index (χ0v) is 12.0. The number of methoxy groups -OCH3 is 1. The van der Waals surface area contributed by atoms with Crippen molar-refractivity contribution in [2.75, 3.05) is 18.2 Å². The summed E-state index contributed by atoms with van der Waals surface area (Å²) < 4.78 is 19.4. The van der Waals surface area contributed by atoms with Gasteiger partial charge in [0.15, 0.2) is 0 Å². The first-order valence-corrected chi connectivity index (χ1v) is 6.51. The van der Waals surface area contributed by atoms with Crippen molar-refractivity contribution < 1.29 is 9.13 Å². The lowest BCUT2D eigenvalue weighted by Gasteiger charge is -2.12. The normalized spacial score (nSPS) is 10.3. The average molecular weight is 325 g/mol. The predicted octanol–water partition coefficient (Wildman–Crippen LogP) is 3.79. The number of hydrogen-bond acceptors (Lipinski definition) is 3. The average Bonchev–Trinajstić information content (AvgIpc) is 2.40. The van der Waals surface area contributed by atoms with Gasteiger partial charge in [-0.15, -0.1) is 0 Å². The van der Waals surface area contributed by atoms with Gasteiger partial charge in [-0.25, -0.2) is 4.39 Å². The fraction of sp³-hybridized carbons (Fsp3) is 0.143. The van der Waals surface area contributed by atoms with Gasteiger partial charge in [-0.3, -0.25) is 0 Å². The van der Waals surface area contributed by atoms with E-state index in [4.69, 9.17) is 10.5 Å². The molecule has 0 aliphatic rings. The Kier molecular flexibility index (Phi) is 4.27. The van der Waals surface area contributed by atoms with E-state index in [-0.39, 0.29) is 5.82 Å². The van der Waals surface area contributed by atoms with Gasteiger partial charge >= 0.3 is 0 Å². The van der Waals surface area contributed by atoms with Crippen molar-refractivity contribution in [3.63, 3.8) is 0 Å². The van der Waals surface area contributed by atoms with Crippen LogP contribution in [0.4, 0.5) is 15.8 Å². The van der Waals surface area contributed by atoms with Crippen molar-refractivity contribution in [3.05, 3.63) is 52.3 Å². The van der Waals surface area contributed by atoms with Gasteiger partial charge in [-0.1, -0.05) is 15.9 Å². The highest BCUT2D eigenvalue weighted by Crippen LogP contribution is 2.25. The number of rotatable bonds is 4. The molecule has 0 aliphatic carbocycles. The van der Waals surface area contributed by atoms with Crippen LogP contribution in [0.3, 0.4) is 0 Å². The third kappa shape index (κ3) is 3.38. The van der Waals surface area contributed by atoms with Crippen LogP contribution in [0.15, 0.2) is 40.9 Å². The summed E-state index contributed by atoms with van der Waals surface area (Å²) in [5, 5.41) is 3.11. The van der Waals surface area contributed by atoms with Crippen LogP contribution in [-0.2, 0) is 6.54 Å². The summed E-state index contributed by atoms with van der Waals surface area (Å²) in [5.41, 5.74) is 7.82. The summed E-state index contributed by atoms with van der Waals surface area (Å²) in [5.74, 6) is 0.448. The van der Waals surface area contributed by atoms with Gasteiger partial charge in [0, 0.05) is 16.6 Å². The number of nitrogens with one attached hydrogen (secondary N) is 1. The Bertz CT molecular complexity index is 590. The van der Waals surface area contributed by atoms with Crippen LogP contribution < -0.4 is 15.8 Å². The molecule has 0 saturated heterocycles. The number of halogens is 2. The van der Waals surface area contributed by atoms with E-state index in [2.05, 4.69) is 21.2 Å². The molecule has 0 radical (unpaired) electrons. The number of ether oxygens (including phenoxy) is 1. The van der Waals surface area contributed by atoms with Crippen LogP contribution in [0.2, 0.25) is 0 Å². The molecular weight excluding hydrogens is 311 g/mol. The van der Waals surface area contributed by atoms with E-state index in [1.165, 1.54) is 18.2 Å². The second-order valence-electron chi connectivity index (χ2n) is 4.04. The number of benzene rings is 2. The van der Waals surface area contributed by atoms with Crippen molar-refractivity contribution in [1.82, 2.24) is 0 Å². The molecule has 0 heterocycles. The first-order chi connectivity index (χ1) is 9.10. The second-order valence-corrected chi connectivity index (χ2v) is 4.96. The van der Waals surface area contributed by atoms with Crippen LogP contribution in [-0.4, -0.2) is 7.11 Å². The Labute approximate surface area is 119 Å². The molecule has 0 fully saturated rings. The van der Waals surface area contributed by atoms with Gasteiger partial charge < -0.3 is 15.8 Å². The van der Waals surface area contributed by atoms with Gasteiger partial charge in [0.1, 0.15) is 11.6 Å². The van der Waals surface area contributed by atoms with E-state index in [1.54, 1.807) is 7.11 Å². The monoisotopic (exact) mass is 324 g/mol. The summed E-state index contributed by atoms with van der Waals surface area (Å²) in [6.45, 7) is 0.496. The van der Waals surface area contributed by atoms with E-state index in [1.807, 2.05) is 18.2 Å². The van der Waals surface area contributed by atoms with Crippen molar-refractivity contribution >= 4 is 27.3 Å². The Hall–Kier alpha value is -1.75. The Morgan fingerprint density at radius 2 is 2.05 bits per heavy atom. The fourth-order valence-corrected chi connectivity index (χ4v) is 2.17. The summed E-state index contributed by atoms with van der Waals surface area (Å²) in [6.07, 6.45) is 0. The molecule has 2 aromatic rings. The maximum atomic E-state index is 13.2. The lowest BCUT2D eigenvalue weighted by atomic mass is 10.2. The number of anilines is 2. The molecule has 0 spiro atoms. The Balaban J connectivity index is 2.18. The van der Waals surface area contributed by atoms with E-state index in [9.17, 15) is 4.39 Å². The first kappa shape index (κ1) is 13.7. The molecule has 5 heteroatoms. The van der Waals surface area contributed by atoms with E-state index < -0.39 is 0 Å². The highest BCUT2D eigenvalue weighted by Gasteiger charge is 2.05. The Morgan fingerprint density at radius 1 is 1.26 bits per heavy atom. The van der Waals surface area contributed by atoms with E-state index in [0.717, 1.165) is 15.8 Å². The maximum Gasteiger partial charge on any atom is 0.125 e. The molecule has 19 heavy (non-hydrogen) atoms. The summed E-state index contributed by atoms with van der Waals surface area (Å²) >= 11 is 3.41. The minimum absolute atomic E-state index is 0.321. The largest absolute Gasteiger partial charge is 0.496 e. The molecule has 100 valence electrons. The van der Waals surface area contributed by atoms with Crippen LogP contribution in [0.1, 0.15) is 5.56 Å². The quantitative estimate of drug-likeness (QED) is 0.841. The van der Waals surface area contributed by atoms with Crippen LogP contribution in [0.25, 0.3) is 0 Å². The zero-order valence-electron chi connectivity index (χ0n) is 10.4. The molecular formula is C14H14BrFN2O. The topological polar surface area (TPSA) is 47.3 Å². The molecule has 0 unspecified atom stereocenters. The molecule has 0 saturated carbocycles. The van der Waals surface area contributed by atoms with Crippen LogP contribution in [0.5, 0.6) is 5.75 Å². The molecule has 2 aromatic carbocycles. The van der Waals surface area contributed by atoms with Gasteiger partial charge in [0.05, 0.1) is 18.5 Å². The summed E-state index contributed by atoms with van der Waals surface area (Å²) in [6, 6.07) is 9.96. The third-order valence-corrected chi connectivity index (χ3v) is 3.22. The smallest absolute Gasteiger partial charge is 0.125 e. The van der Waals surface area contributed by atoms with Gasteiger partial charge in [-0.2, -0.15) is 0 Å². The molecule has 0 amide bonds. The summed E-state index contributed by atoms with van der Waals surface area (Å²) in [4.78, 5) is 0. The van der Waals surface area contributed by atoms with E-state index in [0.29, 0.717) is 17.9 Å². The van der Waals surface area contributed by atoms with Gasteiger partial charge in [0.2, 0.25) is 0 Å². The SMILES string of the molecule is COc1ccc(Br)cc1CNc1cc(F)ccc1N. The van der Waals surface area contributed by atoms with Gasteiger partial charge in [0.25, 0.3) is 0 Å². The fourth-order valence-electron chi connectivity index (χ4n) is 1.76. The lowest BCUT2D eigenvalue weighted by molar-refractivity contribution is 0.410. The minimum atomic E-state index is -0.321. The third-order valence-electron chi connectivity index (χ3n) is 2.73. The van der Waals surface area contributed by atoms with Crippen LogP contribution in [0, 0.1) is 5.82 Å². The molecule has 0 bridgehead atoms. The second kappa shape index (κ2) is 5.93. The predicted molar refractivity (Wildman–Crippen MR) is 78.8 cm³/mol. The maximum absolute atomic E-state index is 13.2. The van der Waals surface area contributed by atoms with Gasteiger partial charge in [-0.05, 0) is 36.4 Å². The molecule has 0 aliphatic heterocycles. The zero-order chi connectivity index (χ0) is 13.8. The first-order valence-electron chi connectivity index (χ1n) is 5.71. The van der Waals surface area contributed by atoms with Crippen molar-refractivity contribution in [2.45, 2.75) is 6.54 Å². The number of nitrogen functional groups attached to an aromatic ring is 1. The molecule has 3 nitrogen and oxygen atoms in total. The minimum Gasteiger partial charge on any atom is -0.496 e. The number of nitrogens with two attached hydrogens (primary N) is 1. The Morgan fingerprint density at radius 3 is 2.79 bits per heavy atom. The van der Waals surface area contributed by atoms with E-state index >= 15 is 0 Å². The molecule has 3 N–H and O–H groups in total. The van der Waals surface area contributed by atoms with Crippen molar-refractivity contribution in [2.24, 2.45) is 0 Å². The van der Waals surface area contributed by atoms with Crippen molar-refractivity contribution in [1.29, 1.82) is 0 Å². The summed E-state index contributed by atoms with van der Waals surface area (Å²) in [7, 11) is 1.61. The standard InChI is InChI=1S/C14H14BrFN2O/c1-19-14-5-2-10(15)6-9(14)8-18-13-7-11(16)3-4-12(13)17/h2-7,18H,8,17H2,1H3. The van der Waals surface area contributed by atoms with Crippen molar-refractivity contribution in [3.8, 4) is 5.75 Å². The number of hydrogen-bond donors (Lipinski definition) is 2.